The summed E-state index contributed by atoms with van der Waals surface area (Å²) in [4.78, 5) is 2.50. The van der Waals surface area contributed by atoms with E-state index in [1.165, 1.54) is 105 Å². The van der Waals surface area contributed by atoms with Crippen LogP contribution >= 0.6 is 0 Å². The van der Waals surface area contributed by atoms with Crippen LogP contribution in [0.25, 0.3) is 65.7 Å². The van der Waals surface area contributed by atoms with E-state index in [0.717, 1.165) is 31.4 Å². The summed E-state index contributed by atoms with van der Waals surface area (Å²) in [5, 5.41) is 7.76. The van der Waals surface area contributed by atoms with Crippen LogP contribution in [0.4, 0.5) is 17.1 Å². The molecule has 1 nitrogen and oxygen atoms in total. The Bertz CT molecular complexity index is 3150. The van der Waals surface area contributed by atoms with E-state index in [0.29, 0.717) is 0 Å². The van der Waals surface area contributed by atoms with Gasteiger partial charge in [-0.3, -0.25) is 0 Å². The molecular weight excluding hydrogens is 723 g/mol. The van der Waals surface area contributed by atoms with E-state index in [1.54, 1.807) is 5.57 Å². The number of allylic oxidation sites excluding steroid dienone is 8. The highest BCUT2D eigenvalue weighted by Gasteiger charge is 2.38. The van der Waals surface area contributed by atoms with E-state index in [9.17, 15) is 0 Å². The summed E-state index contributed by atoms with van der Waals surface area (Å²) in [6.45, 7) is 9.28. The lowest BCUT2D eigenvalue weighted by molar-refractivity contribution is 0.607. The number of anilines is 3. The molecule has 0 atom stereocenters. The number of rotatable bonds is 6. The molecule has 0 aromatic heterocycles. The molecule has 0 aliphatic heterocycles. The van der Waals surface area contributed by atoms with E-state index < -0.39 is 0 Å². The second-order valence-electron chi connectivity index (χ2n) is 17.6. The van der Waals surface area contributed by atoms with Gasteiger partial charge in [0.05, 0.1) is 0 Å². The average molecular weight is 772 g/mol. The lowest BCUT2D eigenvalue weighted by Crippen LogP contribution is -2.19. The molecule has 0 radical (unpaired) electrons. The first-order valence-electron chi connectivity index (χ1n) is 21.7. The van der Waals surface area contributed by atoms with Crippen LogP contribution in [0.2, 0.25) is 0 Å². The van der Waals surface area contributed by atoms with Gasteiger partial charge < -0.3 is 4.90 Å². The highest BCUT2D eigenvalue weighted by Crippen LogP contribution is 2.53. The summed E-state index contributed by atoms with van der Waals surface area (Å²) < 4.78 is 0. The lowest BCUT2D eigenvalue weighted by atomic mass is 9.78. The second kappa shape index (κ2) is 14.2. The molecule has 8 aromatic rings. The molecule has 3 aliphatic carbocycles. The Morgan fingerprint density at radius 3 is 1.92 bits per heavy atom. The van der Waals surface area contributed by atoms with Crippen molar-refractivity contribution in [2.24, 2.45) is 0 Å². The van der Waals surface area contributed by atoms with Crippen LogP contribution in [-0.2, 0) is 5.41 Å². The summed E-state index contributed by atoms with van der Waals surface area (Å²) in [7, 11) is 0. The third-order valence-electron chi connectivity index (χ3n) is 13.5. The molecule has 0 fully saturated rings. The molecule has 0 spiro atoms. The van der Waals surface area contributed by atoms with Crippen LogP contribution in [0.5, 0.6) is 0 Å². The van der Waals surface area contributed by atoms with Gasteiger partial charge in [0, 0.05) is 22.5 Å². The van der Waals surface area contributed by atoms with E-state index in [4.69, 9.17) is 0 Å². The molecule has 0 amide bonds. The van der Waals surface area contributed by atoms with Crippen molar-refractivity contribution in [3.8, 4) is 22.3 Å². The fourth-order valence-electron chi connectivity index (χ4n) is 10.8. The molecule has 1 heteroatoms. The Hall–Kier alpha value is -6.70. The number of aryl methyl sites for hydroxylation is 2. The van der Waals surface area contributed by atoms with Crippen LogP contribution in [0, 0.1) is 13.8 Å². The maximum Gasteiger partial charge on any atom is 0.0468 e. The first-order valence-corrected chi connectivity index (χ1v) is 21.7. The maximum absolute atomic E-state index is 2.50. The van der Waals surface area contributed by atoms with Crippen LogP contribution in [0.3, 0.4) is 0 Å². The van der Waals surface area contributed by atoms with E-state index in [2.05, 4.69) is 209 Å². The zero-order valence-corrected chi connectivity index (χ0v) is 35.0. The van der Waals surface area contributed by atoms with Gasteiger partial charge in [0.2, 0.25) is 0 Å². The van der Waals surface area contributed by atoms with Gasteiger partial charge in [-0.15, -0.1) is 0 Å². The zero-order valence-electron chi connectivity index (χ0n) is 35.0. The standard InChI is InChI=1S/C59H49N/c1-38-32-39(2)34-45(33-38)60(44-28-30-48-47-25-16-17-27-54(47)59(3,4)55(48)36-44)43-29-31-50-53(35-43)46-24-14-15-26-49(46)57-52(41-20-10-6-11-21-41)37-51(40-18-8-5-9-19-40)56(58(50)57)42-22-12-7-13-23-42/h5-10,12-16,18-20,22-26,28-37H,11,17,21,27H2,1-4H3. The Balaban J connectivity index is 1.24. The Labute approximate surface area is 354 Å². The zero-order chi connectivity index (χ0) is 40.5. The summed E-state index contributed by atoms with van der Waals surface area (Å²) in [6.07, 6.45) is 15.9. The molecule has 0 N–H and O–H groups in total. The molecular formula is C59H49N. The van der Waals surface area contributed by atoms with E-state index in [1.807, 2.05) is 0 Å². The molecule has 0 unspecified atom stereocenters. The topological polar surface area (TPSA) is 3.24 Å². The van der Waals surface area contributed by atoms with Gasteiger partial charge in [-0.05, 0) is 176 Å². The first-order chi connectivity index (χ1) is 29.3. The number of benzene rings is 8. The molecule has 0 saturated heterocycles. The highest BCUT2D eigenvalue weighted by molar-refractivity contribution is 6.32. The first kappa shape index (κ1) is 36.4. The molecule has 0 heterocycles. The quantitative estimate of drug-likeness (QED) is 0.152. The van der Waals surface area contributed by atoms with Crippen LogP contribution in [0.15, 0.2) is 182 Å². The largest absolute Gasteiger partial charge is 0.310 e. The average Bonchev–Trinajstić information content (AvgIpc) is 3.51. The van der Waals surface area contributed by atoms with Crippen molar-refractivity contribution in [3.63, 3.8) is 0 Å². The minimum Gasteiger partial charge on any atom is -0.310 e. The summed E-state index contributed by atoms with van der Waals surface area (Å²) >= 11 is 0. The predicted molar refractivity (Wildman–Crippen MR) is 259 cm³/mol. The highest BCUT2D eigenvalue weighted by atomic mass is 15.1. The Morgan fingerprint density at radius 2 is 1.17 bits per heavy atom. The van der Waals surface area contributed by atoms with Gasteiger partial charge in [-0.1, -0.05) is 153 Å². The monoisotopic (exact) mass is 771 g/mol. The van der Waals surface area contributed by atoms with Gasteiger partial charge in [-0.25, -0.2) is 0 Å². The van der Waals surface area contributed by atoms with Crippen molar-refractivity contribution in [1.29, 1.82) is 0 Å². The SMILES string of the molecule is Cc1cc(C)cc(N(c2ccc3c(c2)C(C)(C)C2=C3C=CCC2)c2ccc3c(c2)c2ccccc2c2c(C4=CC=CCC4)cc(-c4ccccc4)c(-c4ccccc4)c32)c1. The van der Waals surface area contributed by atoms with Gasteiger partial charge in [0.1, 0.15) is 0 Å². The van der Waals surface area contributed by atoms with Gasteiger partial charge in [0.15, 0.2) is 0 Å². The summed E-state index contributed by atoms with van der Waals surface area (Å²) in [5.41, 5.74) is 19.6. The van der Waals surface area contributed by atoms with Crippen LogP contribution < -0.4 is 4.90 Å². The normalized spacial score (nSPS) is 15.4. The van der Waals surface area contributed by atoms with Gasteiger partial charge in [0.25, 0.3) is 0 Å². The van der Waals surface area contributed by atoms with Crippen molar-refractivity contribution < 1.29 is 0 Å². The van der Waals surface area contributed by atoms with E-state index >= 15 is 0 Å². The molecule has 60 heavy (non-hydrogen) atoms. The fraction of sp³-hybridized carbons (Fsp3) is 0.153. The van der Waals surface area contributed by atoms with Crippen molar-refractivity contribution >= 4 is 60.5 Å². The number of fused-ring (bicyclic) bond motifs is 8. The molecule has 3 aliphatic rings. The molecule has 0 bridgehead atoms. The fourth-order valence-corrected chi connectivity index (χ4v) is 10.8. The third-order valence-corrected chi connectivity index (χ3v) is 13.5. The lowest BCUT2D eigenvalue weighted by Gasteiger charge is -2.30. The summed E-state index contributed by atoms with van der Waals surface area (Å²) in [5.74, 6) is 0. The molecule has 290 valence electrons. The smallest absolute Gasteiger partial charge is 0.0468 e. The molecule has 11 rings (SSSR count). The molecule has 8 aromatic carbocycles. The van der Waals surface area contributed by atoms with Crippen molar-refractivity contribution in [1.82, 2.24) is 0 Å². The van der Waals surface area contributed by atoms with Crippen molar-refractivity contribution in [3.05, 3.63) is 209 Å². The maximum atomic E-state index is 2.50. The van der Waals surface area contributed by atoms with Gasteiger partial charge in [-0.2, -0.15) is 0 Å². The minimum atomic E-state index is -0.0241. The third kappa shape index (κ3) is 5.82. The van der Waals surface area contributed by atoms with E-state index in [-0.39, 0.29) is 5.41 Å². The number of nitrogens with zero attached hydrogens (tertiary/aromatic N) is 1. The van der Waals surface area contributed by atoms with Crippen LogP contribution in [0.1, 0.15) is 67.3 Å². The van der Waals surface area contributed by atoms with Crippen LogP contribution in [-0.4, -0.2) is 0 Å². The number of hydrogen-bond acceptors (Lipinski definition) is 1. The Kier molecular flexibility index (Phi) is 8.64. The van der Waals surface area contributed by atoms with Gasteiger partial charge >= 0.3 is 0 Å². The van der Waals surface area contributed by atoms with Crippen molar-refractivity contribution in [2.75, 3.05) is 4.90 Å². The number of hydrogen-bond donors (Lipinski definition) is 0. The minimum absolute atomic E-state index is 0.0241. The second-order valence-corrected chi connectivity index (χ2v) is 17.6. The Morgan fingerprint density at radius 1 is 0.500 bits per heavy atom. The predicted octanol–water partition coefficient (Wildman–Crippen LogP) is 16.7. The summed E-state index contributed by atoms with van der Waals surface area (Å²) in [6, 6.07) is 55.2. The van der Waals surface area contributed by atoms with Crippen molar-refractivity contribution in [2.45, 2.75) is 58.8 Å². The molecule has 0 saturated carbocycles.